The second kappa shape index (κ2) is 10.7. The number of benzene rings is 2. The Kier molecular flexibility index (Phi) is 7.43. The van der Waals surface area contributed by atoms with Gasteiger partial charge < -0.3 is 14.2 Å². The largest absolute Gasteiger partial charge is 0.416 e. The van der Waals surface area contributed by atoms with E-state index in [-0.39, 0.29) is 25.4 Å². The molecule has 210 valence electrons. The van der Waals surface area contributed by atoms with Crippen molar-refractivity contribution in [3.63, 3.8) is 0 Å². The van der Waals surface area contributed by atoms with E-state index in [2.05, 4.69) is 4.98 Å². The molecule has 1 unspecified atom stereocenters. The summed E-state index contributed by atoms with van der Waals surface area (Å²) in [6, 6.07) is 13.2. The average Bonchev–Trinajstić information content (AvgIpc) is 3.33. The van der Waals surface area contributed by atoms with Gasteiger partial charge in [0.1, 0.15) is 5.65 Å². The van der Waals surface area contributed by atoms with Gasteiger partial charge in [0.05, 0.1) is 21.8 Å². The first-order valence-corrected chi connectivity index (χ1v) is 12.8. The second-order valence-corrected chi connectivity index (χ2v) is 9.99. The number of anilines is 1. The number of fused-ring (bicyclic) bond motifs is 1. The fraction of sp³-hybridized carbons (Fsp3) is 0.286. The number of aromatic nitrogens is 2. The first-order valence-electron chi connectivity index (χ1n) is 12.4. The highest BCUT2D eigenvalue weighted by Crippen LogP contribution is 2.36. The third kappa shape index (κ3) is 5.89. The van der Waals surface area contributed by atoms with Crippen molar-refractivity contribution < 1.29 is 31.1 Å². The SMILES string of the molecule is O=C(CC(c1cccc(C(F)(F)F)c1)c1cnc2ccc(Cl)cn12)N1CCN(c2cccc(C(F)(F)F)c2)CC1. The maximum Gasteiger partial charge on any atom is 0.416 e. The Morgan fingerprint density at radius 1 is 0.875 bits per heavy atom. The van der Waals surface area contributed by atoms with Crippen LogP contribution in [-0.4, -0.2) is 46.4 Å². The number of halogens is 7. The maximum atomic E-state index is 13.5. The molecule has 0 saturated carbocycles. The Morgan fingerprint density at radius 3 is 2.20 bits per heavy atom. The lowest BCUT2D eigenvalue weighted by Gasteiger charge is -2.37. The minimum absolute atomic E-state index is 0.134. The number of carbonyl (C=O) groups excluding carboxylic acids is 1. The van der Waals surface area contributed by atoms with E-state index in [1.54, 1.807) is 44.7 Å². The number of amides is 1. The molecule has 1 amide bonds. The van der Waals surface area contributed by atoms with Crippen LogP contribution in [0.4, 0.5) is 32.0 Å². The number of hydrogen-bond donors (Lipinski definition) is 0. The number of rotatable bonds is 5. The summed E-state index contributed by atoms with van der Waals surface area (Å²) in [4.78, 5) is 21.2. The van der Waals surface area contributed by atoms with E-state index >= 15 is 0 Å². The van der Waals surface area contributed by atoms with Crippen molar-refractivity contribution in [2.24, 2.45) is 0 Å². The van der Waals surface area contributed by atoms with E-state index in [9.17, 15) is 31.1 Å². The fourth-order valence-electron chi connectivity index (χ4n) is 4.95. The molecule has 1 aliphatic rings. The lowest BCUT2D eigenvalue weighted by atomic mass is 9.90. The van der Waals surface area contributed by atoms with E-state index in [1.165, 1.54) is 18.3 Å². The van der Waals surface area contributed by atoms with E-state index < -0.39 is 29.4 Å². The predicted octanol–water partition coefficient (Wildman–Crippen LogP) is 6.90. The van der Waals surface area contributed by atoms with Gasteiger partial charge in [-0.2, -0.15) is 26.3 Å². The molecule has 4 aromatic rings. The topological polar surface area (TPSA) is 40.9 Å². The summed E-state index contributed by atoms with van der Waals surface area (Å²) in [5.74, 6) is -1.05. The average molecular weight is 581 g/mol. The Hall–Kier alpha value is -3.73. The molecule has 2 aromatic carbocycles. The summed E-state index contributed by atoms with van der Waals surface area (Å²) in [6.45, 7) is 1.13. The zero-order valence-electron chi connectivity index (χ0n) is 20.9. The van der Waals surface area contributed by atoms with Crippen LogP contribution in [0, 0.1) is 0 Å². The predicted molar refractivity (Wildman–Crippen MR) is 138 cm³/mol. The monoisotopic (exact) mass is 580 g/mol. The highest BCUT2D eigenvalue weighted by atomic mass is 35.5. The van der Waals surface area contributed by atoms with Gasteiger partial charge in [0.25, 0.3) is 0 Å². The zero-order chi connectivity index (χ0) is 28.7. The van der Waals surface area contributed by atoms with Crippen molar-refractivity contribution in [3.05, 3.63) is 100 Å². The Balaban J connectivity index is 1.38. The molecular weight excluding hydrogens is 558 g/mol. The van der Waals surface area contributed by atoms with Crippen molar-refractivity contribution in [3.8, 4) is 0 Å². The van der Waals surface area contributed by atoms with Gasteiger partial charge in [-0.25, -0.2) is 4.98 Å². The summed E-state index contributed by atoms with van der Waals surface area (Å²) in [7, 11) is 0. The fourth-order valence-corrected chi connectivity index (χ4v) is 5.11. The quantitative estimate of drug-likeness (QED) is 0.241. The van der Waals surface area contributed by atoms with Crippen molar-refractivity contribution in [1.29, 1.82) is 0 Å². The van der Waals surface area contributed by atoms with Gasteiger partial charge in [-0.05, 0) is 42.0 Å². The Bertz CT molecular complexity index is 1530. The summed E-state index contributed by atoms with van der Waals surface area (Å²) >= 11 is 6.17. The summed E-state index contributed by atoms with van der Waals surface area (Å²) in [5.41, 5.74) is 0.162. The van der Waals surface area contributed by atoms with Gasteiger partial charge in [0.15, 0.2) is 0 Å². The number of piperazine rings is 1. The Labute approximate surface area is 230 Å². The highest BCUT2D eigenvalue weighted by Gasteiger charge is 2.34. The first-order chi connectivity index (χ1) is 18.9. The number of imidazole rings is 1. The molecule has 0 radical (unpaired) electrons. The zero-order valence-corrected chi connectivity index (χ0v) is 21.6. The van der Waals surface area contributed by atoms with Crippen LogP contribution in [0.25, 0.3) is 5.65 Å². The van der Waals surface area contributed by atoms with E-state index in [4.69, 9.17) is 11.6 Å². The van der Waals surface area contributed by atoms with Gasteiger partial charge in [-0.3, -0.25) is 4.79 Å². The number of carbonyl (C=O) groups is 1. The normalized spacial score (nSPS) is 15.5. The molecular formula is C28H23ClF6N4O. The minimum Gasteiger partial charge on any atom is -0.368 e. The molecule has 0 N–H and O–H groups in total. The van der Waals surface area contributed by atoms with E-state index in [0.717, 1.165) is 24.3 Å². The molecule has 1 aliphatic heterocycles. The third-order valence-electron chi connectivity index (χ3n) is 7.02. The molecule has 1 atom stereocenters. The lowest BCUT2D eigenvalue weighted by molar-refractivity contribution is -0.138. The van der Waals surface area contributed by atoms with Crippen LogP contribution in [0.5, 0.6) is 0 Å². The number of pyridine rings is 1. The molecule has 2 aromatic heterocycles. The molecule has 1 fully saturated rings. The van der Waals surface area contributed by atoms with Crippen molar-refractivity contribution in [1.82, 2.24) is 14.3 Å². The molecule has 5 nitrogen and oxygen atoms in total. The van der Waals surface area contributed by atoms with Crippen LogP contribution in [-0.2, 0) is 17.1 Å². The highest BCUT2D eigenvalue weighted by molar-refractivity contribution is 6.30. The van der Waals surface area contributed by atoms with Gasteiger partial charge in [-0.1, -0.05) is 35.9 Å². The van der Waals surface area contributed by atoms with E-state index in [1.807, 2.05) is 0 Å². The molecule has 0 bridgehead atoms. The van der Waals surface area contributed by atoms with Gasteiger partial charge in [0.2, 0.25) is 5.91 Å². The molecule has 40 heavy (non-hydrogen) atoms. The second-order valence-electron chi connectivity index (χ2n) is 9.55. The van der Waals surface area contributed by atoms with Crippen LogP contribution < -0.4 is 4.90 Å². The van der Waals surface area contributed by atoms with Gasteiger partial charge >= 0.3 is 12.4 Å². The van der Waals surface area contributed by atoms with Crippen LogP contribution in [0.2, 0.25) is 5.02 Å². The van der Waals surface area contributed by atoms with Crippen LogP contribution in [0.1, 0.15) is 34.7 Å². The molecule has 3 heterocycles. The number of hydrogen-bond acceptors (Lipinski definition) is 3. The van der Waals surface area contributed by atoms with Crippen LogP contribution >= 0.6 is 11.6 Å². The molecule has 0 spiro atoms. The number of alkyl halides is 6. The van der Waals surface area contributed by atoms with Gasteiger partial charge in [-0.15, -0.1) is 0 Å². The van der Waals surface area contributed by atoms with Crippen LogP contribution in [0.3, 0.4) is 0 Å². The summed E-state index contributed by atoms with van der Waals surface area (Å²) < 4.78 is 81.7. The number of nitrogens with zero attached hydrogens (tertiary/aromatic N) is 4. The molecule has 5 rings (SSSR count). The van der Waals surface area contributed by atoms with Gasteiger partial charge in [0, 0.05) is 56.6 Å². The molecule has 0 aliphatic carbocycles. The maximum absolute atomic E-state index is 13.5. The van der Waals surface area contributed by atoms with Crippen LogP contribution in [0.15, 0.2) is 73.1 Å². The van der Waals surface area contributed by atoms with E-state index in [0.29, 0.717) is 40.7 Å². The standard InChI is InChI=1S/C28H23ClF6N4O/c29-21-7-8-25-36-16-24(39(25)17-21)23(18-3-1-4-19(13-18)27(30,31)32)15-26(40)38-11-9-37(10-12-38)22-6-2-5-20(14-22)28(33,34)35/h1-8,13-14,16-17,23H,9-12,15H2. The smallest absolute Gasteiger partial charge is 0.368 e. The Morgan fingerprint density at radius 2 is 1.52 bits per heavy atom. The van der Waals surface area contributed by atoms with Crippen molar-refractivity contribution in [2.75, 3.05) is 31.1 Å². The third-order valence-corrected chi connectivity index (χ3v) is 7.24. The van der Waals surface area contributed by atoms with Crippen molar-refractivity contribution in [2.45, 2.75) is 24.7 Å². The first kappa shape index (κ1) is 27.8. The summed E-state index contributed by atoms with van der Waals surface area (Å²) in [6.07, 6.45) is -6.04. The molecule has 12 heteroatoms. The lowest BCUT2D eigenvalue weighted by Crippen LogP contribution is -2.49. The summed E-state index contributed by atoms with van der Waals surface area (Å²) in [5, 5.41) is 0.395. The minimum atomic E-state index is -4.56. The molecule has 1 saturated heterocycles. The van der Waals surface area contributed by atoms with Crippen molar-refractivity contribution >= 4 is 28.8 Å².